The van der Waals surface area contributed by atoms with E-state index in [4.69, 9.17) is 4.74 Å². The van der Waals surface area contributed by atoms with Crippen LogP contribution in [0.4, 0.5) is 0 Å². The quantitative estimate of drug-likeness (QED) is 0.584. The second-order valence-electron chi connectivity index (χ2n) is 2.71. The summed E-state index contributed by atoms with van der Waals surface area (Å²) in [4.78, 5) is 10.5. The van der Waals surface area contributed by atoms with E-state index in [1.807, 2.05) is 0 Å². The van der Waals surface area contributed by atoms with Crippen LogP contribution in [0.5, 0.6) is 5.75 Å². The minimum Gasteiger partial charge on any atom is -0.497 e. The van der Waals surface area contributed by atoms with Gasteiger partial charge in [0.1, 0.15) is 5.75 Å². The summed E-state index contributed by atoms with van der Waals surface area (Å²) in [5.41, 5.74) is 0.819. The summed E-state index contributed by atoms with van der Waals surface area (Å²) in [7, 11) is 1.58. The van der Waals surface area contributed by atoms with Crippen LogP contribution in [0.15, 0.2) is 30.5 Å². The fourth-order valence-corrected chi connectivity index (χ4v) is 1.66. The molecule has 80 valence electrons. The number of thioether (sulfide) groups is 1. The number of rotatable bonds is 4. The monoisotopic (exact) mass is 225 g/mol. The molecule has 0 unspecified atom stereocenters. The first-order chi connectivity index (χ1) is 7.17. The smallest absolute Gasteiger partial charge is 0.248 e. The van der Waals surface area contributed by atoms with Gasteiger partial charge in [-0.1, -0.05) is 0 Å². The highest BCUT2D eigenvalue weighted by Crippen LogP contribution is 2.26. The summed E-state index contributed by atoms with van der Waals surface area (Å²) in [6, 6.07) is 7.15. The van der Waals surface area contributed by atoms with Crippen molar-refractivity contribution in [3.8, 4) is 5.75 Å². The van der Waals surface area contributed by atoms with Crippen molar-refractivity contribution in [3.63, 3.8) is 0 Å². The van der Waals surface area contributed by atoms with Crippen LogP contribution in [0.25, 0.3) is 4.91 Å². The number of nitrogens with zero attached hydrogens (tertiary/aromatic N) is 1. The lowest BCUT2D eigenvalue weighted by atomic mass is 10.2. The van der Waals surface area contributed by atoms with E-state index in [1.54, 1.807) is 37.6 Å². The van der Waals surface area contributed by atoms with E-state index in [2.05, 4.69) is 0 Å². The van der Waals surface area contributed by atoms with Crippen LogP contribution in [-0.2, 0) is 0 Å². The molecule has 0 heterocycles. The van der Waals surface area contributed by atoms with Crippen molar-refractivity contribution in [3.05, 3.63) is 46.1 Å². The van der Waals surface area contributed by atoms with Crippen LogP contribution < -0.4 is 4.74 Å². The average Bonchev–Trinajstić information content (AvgIpc) is 2.26. The Morgan fingerprint density at radius 1 is 1.47 bits per heavy atom. The van der Waals surface area contributed by atoms with Crippen molar-refractivity contribution < 1.29 is 9.66 Å². The number of hydrogen-bond donors (Lipinski definition) is 0. The van der Waals surface area contributed by atoms with Gasteiger partial charge < -0.3 is 4.74 Å². The van der Waals surface area contributed by atoms with E-state index >= 15 is 0 Å². The highest BCUT2D eigenvalue weighted by Gasteiger charge is 2.04. The third-order valence-electron chi connectivity index (χ3n) is 1.82. The Labute approximate surface area is 92.1 Å². The van der Waals surface area contributed by atoms with Crippen molar-refractivity contribution in [1.82, 2.24) is 0 Å². The fraction of sp³-hybridized carbons (Fsp3) is 0.200. The standard InChI is InChI=1S/C10H11NO3S/c1-14-9-5-3-8(4-6-9)10(15-2)7-11(12)13/h3-7H,1-2H3/b10-7-. The van der Waals surface area contributed by atoms with Gasteiger partial charge in [-0.3, -0.25) is 10.1 Å². The van der Waals surface area contributed by atoms with Crippen molar-refractivity contribution in [2.45, 2.75) is 0 Å². The van der Waals surface area contributed by atoms with E-state index in [0.717, 1.165) is 17.5 Å². The van der Waals surface area contributed by atoms with Crippen LogP contribution >= 0.6 is 11.8 Å². The van der Waals surface area contributed by atoms with Gasteiger partial charge in [-0.05, 0) is 36.1 Å². The van der Waals surface area contributed by atoms with Crippen molar-refractivity contribution in [1.29, 1.82) is 0 Å². The molecule has 5 heteroatoms. The zero-order chi connectivity index (χ0) is 11.3. The molecule has 1 aromatic carbocycles. The van der Waals surface area contributed by atoms with Gasteiger partial charge in [0.2, 0.25) is 6.20 Å². The van der Waals surface area contributed by atoms with Gasteiger partial charge in [0.15, 0.2) is 0 Å². The Morgan fingerprint density at radius 2 is 2.07 bits per heavy atom. The Kier molecular flexibility index (Phi) is 4.17. The molecular weight excluding hydrogens is 214 g/mol. The SMILES string of the molecule is COc1ccc(/C(=C/[N+](=O)[O-])SC)cc1. The average molecular weight is 225 g/mol. The molecule has 0 aliphatic heterocycles. The van der Waals surface area contributed by atoms with E-state index in [1.165, 1.54) is 11.8 Å². The van der Waals surface area contributed by atoms with Gasteiger partial charge in [-0.15, -0.1) is 11.8 Å². The van der Waals surface area contributed by atoms with Crippen LogP contribution in [0.1, 0.15) is 5.56 Å². The van der Waals surface area contributed by atoms with Gasteiger partial charge in [-0.25, -0.2) is 0 Å². The molecule has 4 nitrogen and oxygen atoms in total. The number of hydrogen-bond acceptors (Lipinski definition) is 4. The first-order valence-electron chi connectivity index (χ1n) is 4.21. The molecule has 0 aliphatic rings. The summed E-state index contributed by atoms with van der Waals surface area (Å²) in [6.45, 7) is 0. The first-order valence-corrected chi connectivity index (χ1v) is 5.43. The van der Waals surface area contributed by atoms with Gasteiger partial charge in [0.05, 0.1) is 16.9 Å². The summed E-state index contributed by atoms with van der Waals surface area (Å²) in [5.74, 6) is 0.736. The lowest BCUT2D eigenvalue weighted by molar-refractivity contribution is -0.401. The summed E-state index contributed by atoms with van der Waals surface area (Å²) < 4.78 is 5.00. The predicted molar refractivity (Wildman–Crippen MR) is 61.5 cm³/mol. The fourth-order valence-electron chi connectivity index (χ4n) is 1.10. The third kappa shape index (κ3) is 3.28. The molecule has 1 aromatic rings. The van der Waals surface area contributed by atoms with Crippen LogP contribution in [0, 0.1) is 10.1 Å². The third-order valence-corrected chi connectivity index (χ3v) is 2.60. The van der Waals surface area contributed by atoms with E-state index in [9.17, 15) is 10.1 Å². The summed E-state index contributed by atoms with van der Waals surface area (Å²) in [5, 5.41) is 10.4. The normalized spacial score (nSPS) is 11.2. The van der Waals surface area contributed by atoms with Gasteiger partial charge in [-0.2, -0.15) is 0 Å². The Morgan fingerprint density at radius 3 is 2.47 bits per heavy atom. The van der Waals surface area contributed by atoms with Crippen molar-refractivity contribution >= 4 is 16.7 Å². The Balaban J connectivity index is 2.98. The zero-order valence-corrected chi connectivity index (χ0v) is 9.28. The molecule has 1 rings (SSSR count). The number of nitro groups is 1. The topological polar surface area (TPSA) is 52.4 Å². The molecule has 0 aromatic heterocycles. The molecule has 0 N–H and O–H groups in total. The molecule has 0 fully saturated rings. The largest absolute Gasteiger partial charge is 0.497 e. The highest BCUT2D eigenvalue weighted by atomic mass is 32.2. The molecule has 0 atom stereocenters. The summed E-state index contributed by atoms with van der Waals surface area (Å²) >= 11 is 1.34. The van der Waals surface area contributed by atoms with Crippen LogP contribution in [-0.4, -0.2) is 18.3 Å². The minimum atomic E-state index is -0.448. The minimum absolute atomic E-state index is 0.448. The van der Waals surface area contributed by atoms with Gasteiger partial charge >= 0.3 is 0 Å². The Bertz CT molecular complexity index is 373. The van der Waals surface area contributed by atoms with E-state index in [-0.39, 0.29) is 0 Å². The Hall–Kier alpha value is -1.49. The molecule has 0 spiro atoms. The first kappa shape index (κ1) is 11.6. The molecular formula is C10H11NO3S. The lowest BCUT2D eigenvalue weighted by Gasteiger charge is -2.03. The number of methoxy groups -OCH3 is 1. The molecule has 0 amide bonds. The second kappa shape index (κ2) is 5.41. The van der Waals surface area contributed by atoms with E-state index in [0.29, 0.717) is 4.91 Å². The lowest BCUT2D eigenvalue weighted by Crippen LogP contribution is -1.88. The molecule has 0 radical (unpaired) electrons. The number of benzene rings is 1. The maximum atomic E-state index is 10.4. The molecule has 15 heavy (non-hydrogen) atoms. The highest BCUT2D eigenvalue weighted by molar-refractivity contribution is 8.07. The zero-order valence-electron chi connectivity index (χ0n) is 8.47. The summed E-state index contributed by atoms with van der Waals surface area (Å²) in [6.07, 6.45) is 2.81. The maximum absolute atomic E-state index is 10.4. The molecule has 0 bridgehead atoms. The van der Waals surface area contributed by atoms with Gasteiger partial charge in [0, 0.05) is 0 Å². The number of ether oxygens (including phenoxy) is 1. The van der Waals surface area contributed by atoms with Gasteiger partial charge in [0.25, 0.3) is 0 Å². The van der Waals surface area contributed by atoms with E-state index < -0.39 is 4.92 Å². The van der Waals surface area contributed by atoms with Crippen LogP contribution in [0.3, 0.4) is 0 Å². The molecule has 0 aliphatic carbocycles. The van der Waals surface area contributed by atoms with Crippen LogP contribution in [0.2, 0.25) is 0 Å². The second-order valence-corrected chi connectivity index (χ2v) is 3.56. The van der Waals surface area contributed by atoms with Crippen molar-refractivity contribution in [2.24, 2.45) is 0 Å². The van der Waals surface area contributed by atoms with Crippen molar-refractivity contribution in [2.75, 3.05) is 13.4 Å². The molecule has 0 saturated heterocycles. The molecule has 0 saturated carbocycles. The predicted octanol–water partition coefficient (Wildman–Crippen LogP) is 2.63. The maximum Gasteiger partial charge on any atom is 0.248 e.